The number of thiocarbonyl (C=S) groups is 1. The van der Waals surface area contributed by atoms with Gasteiger partial charge in [0.05, 0.1) is 17.9 Å². The number of hydrogen-bond acceptors (Lipinski definition) is 4. The van der Waals surface area contributed by atoms with Crippen LogP contribution in [0.15, 0.2) is 24.3 Å². The first-order chi connectivity index (χ1) is 9.35. The fourth-order valence-corrected chi connectivity index (χ4v) is 3.97. The monoisotopic (exact) mass is 312 g/mol. The van der Waals surface area contributed by atoms with Gasteiger partial charge in [0.25, 0.3) is 0 Å². The normalized spacial score (nSPS) is 20.5. The Labute approximate surface area is 123 Å². The van der Waals surface area contributed by atoms with Crippen molar-refractivity contribution in [2.24, 2.45) is 5.73 Å². The number of nitrogens with two attached hydrogens (primary N) is 1. The Bertz CT molecular complexity index is 624. The van der Waals surface area contributed by atoms with E-state index in [1.54, 1.807) is 24.3 Å². The van der Waals surface area contributed by atoms with Crippen molar-refractivity contribution in [2.45, 2.75) is 18.9 Å². The van der Waals surface area contributed by atoms with Gasteiger partial charge in [-0.05, 0) is 12.0 Å². The molecule has 0 spiro atoms. The summed E-state index contributed by atoms with van der Waals surface area (Å²) in [6, 6.07) is 6.86. The van der Waals surface area contributed by atoms with Gasteiger partial charge in [-0.25, -0.2) is 8.42 Å². The molecule has 108 valence electrons. The highest BCUT2D eigenvalue weighted by Crippen LogP contribution is 2.12. The lowest BCUT2D eigenvalue weighted by molar-refractivity contribution is -0.120. The van der Waals surface area contributed by atoms with Crippen LogP contribution in [0.1, 0.15) is 17.5 Å². The molecule has 1 heterocycles. The Kier molecular flexibility index (Phi) is 4.39. The number of carbonyl (C=O) groups excluding carboxylic acids is 1. The molecular weight excluding hydrogens is 296 g/mol. The van der Waals surface area contributed by atoms with Gasteiger partial charge in [-0.15, -0.1) is 0 Å². The second-order valence-electron chi connectivity index (χ2n) is 4.91. The van der Waals surface area contributed by atoms with Crippen LogP contribution in [0.5, 0.6) is 0 Å². The molecule has 1 aliphatic rings. The van der Waals surface area contributed by atoms with E-state index < -0.39 is 9.84 Å². The third kappa shape index (κ3) is 4.01. The third-order valence-corrected chi connectivity index (χ3v) is 5.20. The van der Waals surface area contributed by atoms with Gasteiger partial charge in [-0.2, -0.15) is 0 Å². The average molecular weight is 312 g/mol. The number of amides is 1. The number of hydrogen-bond donors (Lipinski definition) is 2. The SMILES string of the molecule is NC(=S)c1ccc(CC(=O)NC2CCS(=O)(=O)C2)cc1. The molecule has 2 rings (SSSR count). The van der Waals surface area contributed by atoms with Crippen LogP contribution < -0.4 is 11.1 Å². The maximum Gasteiger partial charge on any atom is 0.224 e. The summed E-state index contributed by atoms with van der Waals surface area (Å²) in [5.74, 6) is 0.0230. The first-order valence-corrected chi connectivity index (χ1v) is 8.47. The smallest absolute Gasteiger partial charge is 0.224 e. The van der Waals surface area contributed by atoms with Crippen molar-refractivity contribution in [3.8, 4) is 0 Å². The van der Waals surface area contributed by atoms with Gasteiger partial charge < -0.3 is 11.1 Å². The van der Waals surface area contributed by atoms with E-state index in [0.29, 0.717) is 11.4 Å². The van der Waals surface area contributed by atoms with E-state index >= 15 is 0 Å². The van der Waals surface area contributed by atoms with Gasteiger partial charge in [0.15, 0.2) is 9.84 Å². The number of rotatable bonds is 4. The van der Waals surface area contributed by atoms with Crippen LogP contribution >= 0.6 is 12.2 Å². The van der Waals surface area contributed by atoms with Gasteiger partial charge >= 0.3 is 0 Å². The minimum atomic E-state index is -2.97. The Morgan fingerprint density at radius 1 is 1.35 bits per heavy atom. The highest BCUT2D eigenvalue weighted by Gasteiger charge is 2.28. The predicted octanol–water partition coefficient (Wildman–Crippen LogP) is 0.167. The molecule has 0 bridgehead atoms. The van der Waals surface area contributed by atoms with Gasteiger partial charge in [0.2, 0.25) is 5.91 Å². The molecule has 1 amide bonds. The van der Waals surface area contributed by atoms with E-state index in [-0.39, 0.29) is 29.9 Å². The van der Waals surface area contributed by atoms with Crippen molar-refractivity contribution < 1.29 is 13.2 Å². The van der Waals surface area contributed by atoms with Crippen LogP contribution in [-0.2, 0) is 21.1 Å². The molecular formula is C13H16N2O3S2. The molecule has 0 saturated carbocycles. The minimum absolute atomic E-state index is 0.0408. The van der Waals surface area contributed by atoms with Crippen molar-refractivity contribution in [3.63, 3.8) is 0 Å². The highest BCUT2D eigenvalue weighted by molar-refractivity contribution is 7.91. The second-order valence-corrected chi connectivity index (χ2v) is 7.57. The van der Waals surface area contributed by atoms with E-state index in [2.05, 4.69) is 5.32 Å². The molecule has 1 aromatic rings. The Hall–Kier alpha value is -1.47. The molecule has 7 heteroatoms. The highest BCUT2D eigenvalue weighted by atomic mass is 32.2. The fourth-order valence-electron chi connectivity index (χ4n) is 2.16. The molecule has 1 unspecified atom stereocenters. The van der Waals surface area contributed by atoms with Gasteiger partial charge in [0, 0.05) is 11.6 Å². The van der Waals surface area contributed by atoms with Crippen molar-refractivity contribution in [2.75, 3.05) is 11.5 Å². The summed E-state index contributed by atoms with van der Waals surface area (Å²) < 4.78 is 22.6. The van der Waals surface area contributed by atoms with Crippen LogP contribution in [0.25, 0.3) is 0 Å². The molecule has 20 heavy (non-hydrogen) atoms. The first kappa shape index (κ1) is 14.9. The average Bonchev–Trinajstić information content (AvgIpc) is 2.69. The lowest BCUT2D eigenvalue weighted by atomic mass is 10.1. The van der Waals surface area contributed by atoms with Crippen LogP contribution in [0, 0.1) is 0 Å². The fraction of sp³-hybridized carbons (Fsp3) is 0.385. The standard InChI is InChI=1S/C13H16N2O3S2/c14-13(19)10-3-1-9(2-4-10)7-12(16)15-11-5-6-20(17,18)8-11/h1-4,11H,5-8H2,(H2,14,19)(H,15,16). The van der Waals surface area contributed by atoms with Crippen molar-refractivity contribution in [1.29, 1.82) is 0 Å². The van der Waals surface area contributed by atoms with E-state index in [1.807, 2.05) is 0 Å². The Balaban J connectivity index is 1.90. The van der Waals surface area contributed by atoms with Gasteiger partial charge in [0.1, 0.15) is 4.99 Å². The van der Waals surface area contributed by atoms with Crippen LogP contribution in [-0.4, -0.2) is 36.9 Å². The summed E-state index contributed by atoms with van der Waals surface area (Å²) in [7, 11) is -2.97. The summed E-state index contributed by atoms with van der Waals surface area (Å²) >= 11 is 4.85. The summed E-state index contributed by atoms with van der Waals surface area (Å²) in [6.45, 7) is 0. The third-order valence-electron chi connectivity index (χ3n) is 3.20. The van der Waals surface area contributed by atoms with Crippen LogP contribution in [0.3, 0.4) is 0 Å². The molecule has 0 aromatic heterocycles. The summed E-state index contributed by atoms with van der Waals surface area (Å²) in [4.78, 5) is 12.2. The molecule has 1 aromatic carbocycles. The van der Waals surface area contributed by atoms with E-state index in [0.717, 1.165) is 11.1 Å². The lowest BCUT2D eigenvalue weighted by Crippen LogP contribution is -2.36. The van der Waals surface area contributed by atoms with Crippen molar-refractivity contribution in [1.82, 2.24) is 5.32 Å². The minimum Gasteiger partial charge on any atom is -0.389 e. The van der Waals surface area contributed by atoms with Crippen molar-refractivity contribution >= 4 is 33.0 Å². The molecule has 1 atom stereocenters. The maximum atomic E-state index is 11.8. The summed E-state index contributed by atoms with van der Waals surface area (Å²) in [5.41, 5.74) is 7.09. The topological polar surface area (TPSA) is 89.3 Å². The zero-order chi connectivity index (χ0) is 14.8. The molecule has 0 aliphatic carbocycles. The quantitative estimate of drug-likeness (QED) is 0.774. The molecule has 5 nitrogen and oxygen atoms in total. The second kappa shape index (κ2) is 5.88. The molecule has 3 N–H and O–H groups in total. The maximum absolute atomic E-state index is 11.8. The lowest BCUT2D eigenvalue weighted by Gasteiger charge is -2.10. The predicted molar refractivity (Wildman–Crippen MR) is 81.2 cm³/mol. The zero-order valence-corrected chi connectivity index (χ0v) is 12.5. The molecule has 1 fully saturated rings. The molecule has 0 radical (unpaired) electrons. The summed E-state index contributed by atoms with van der Waals surface area (Å²) in [6.07, 6.45) is 0.711. The van der Waals surface area contributed by atoms with Crippen LogP contribution in [0.4, 0.5) is 0 Å². The Morgan fingerprint density at radius 3 is 2.50 bits per heavy atom. The Morgan fingerprint density at radius 2 is 2.00 bits per heavy atom. The van der Waals surface area contributed by atoms with Gasteiger partial charge in [-0.1, -0.05) is 36.5 Å². The van der Waals surface area contributed by atoms with E-state index in [9.17, 15) is 13.2 Å². The zero-order valence-electron chi connectivity index (χ0n) is 10.8. The molecule has 1 saturated heterocycles. The number of sulfone groups is 1. The number of carbonyl (C=O) groups is 1. The van der Waals surface area contributed by atoms with E-state index in [4.69, 9.17) is 18.0 Å². The van der Waals surface area contributed by atoms with E-state index in [1.165, 1.54) is 0 Å². The summed E-state index contributed by atoms with van der Waals surface area (Å²) in [5, 5.41) is 2.75. The van der Waals surface area contributed by atoms with Crippen molar-refractivity contribution in [3.05, 3.63) is 35.4 Å². The van der Waals surface area contributed by atoms with Gasteiger partial charge in [-0.3, -0.25) is 4.79 Å². The largest absolute Gasteiger partial charge is 0.389 e. The number of benzene rings is 1. The first-order valence-electron chi connectivity index (χ1n) is 6.24. The number of nitrogens with one attached hydrogen (secondary N) is 1. The van der Waals surface area contributed by atoms with Crippen LogP contribution in [0.2, 0.25) is 0 Å². The molecule has 1 aliphatic heterocycles.